The number of alkyl halides is 2. The second kappa shape index (κ2) is 12.0. The van der Waals surface area contributed by atoms with Gasteiger partial charge in [-0.15, -0.1) is 11.3 Å². The molecule has 5 rings (SSSR count). The van der Waals surface area contributed by atoms with Gasteiger partial charge in [0.05, 0.1) is 24.1 Å². The van der Waals surface area contributed by atoms with Crippen LogP contribution in [0.4, 0.5) is 13.2 Å². The van der Waals surface area contributed by atoms with Gasteiger partial charge in [0.2, 0.25) is 0 Å². The Morgan fingerprint density at radius 2 is 2.09 bits per heavy atom. The van der Waals surface area contributed by atoms with E-state index in [1.165, 1.54) is 42.3 Å². The number of nitrogens with one attached hydrogen (secondary N) is 2. The summed E-state index contributed by atoms with van der Waals surface area (Å²) in [6, 6.07) is 1.82. The fourth-order valence-electron chi connectivity index (χ4n) is 5.84. The van der Waals surface area contributed by atoms with Gasteiger partial charge in [-0.05, 0) is 51.3 Å². The molecular weight excluding hydrogens is 585 g/mol. The molecule has 43 heavy (non-hydrogen) atoms. The highest BCUT2D eigenvalue weighted by atomic mass is 32.1. The number of likely N-dealkylation sites (tertiary alicyclic amines) is 1. The van der Waals surface area contributed by atoms with Crippen LogP contribution in [0.2, 0.25) is 0 Å². The summed E-state index contributed by atoms with van der Waals surface area (Å²) in [5.41, 5.74) is 3.03. The van der Waals surface area contributed by atoms with Crippen LogP contribution in [0.1, 0.15) is 49.4 Å². The van der Waals surface area contributed by atoms with Gasteiger partial charge < -0.3 is 15.2 Å². The van der Waals surface area contributed by atoms with Crippen molar-refractivity contribution >= 4 is 29.1 Å². The number of aromatic nitrogens is 1. The first-order valence-corrected chi connectivity index (χ1v) is 15.0. The lowest BCUT2D eigenvalue weighted by atomic mass is 9.92. The molecule has 3 aliphatic rings. The lowest BCUT2D eigenvalue weighted by Gasteiger charge is -2.32. The number of esters is 1. The van der Waals surface area contributed by atoms with Gasteiger partial charge in [0, 0.05) is 43.0 Å². The number of amidine groups is 1. The normalized spacial score (nSPS) is 24.1. The fourth-order valence-corrected chi connectivity index (χ4v) is 6.43. The third kappa shape index (κ3) is 6.06. The van der Waals surface area contributed by atoms with Crippen molar-refractivity contribution in [1.29, 1.82) is 0 Å². The molecule has 14 heteroatoms. The van der Waals surface area contributed by atoms with Gasteiger partial charge in [0.1, 0.15) is 17.9 Å². The fraction of sp³-hybridized carbons (Fsp3) is 0.517. The lowest BCUT2D eigenvalue weighted by Crippen LogP contribution is -2.54. The van der Waals surface area contributed by atoms with E-state index in [0.29, 0.717) is 40.6 Å². The lowest BCUT2D eigenvalue weighted by molar-refractivity contribution is -0.147. The smallest absolute Gasteiger partial charge is 0.338 e. The van der Waals surface area contributed by atoms with Crippen LogP contribution < -0.4 is 10.7 Å². The first kappa shape index (κ1) is 31.1. The summed E-state index contributed by atoms with van der Waals surface area (Å²) < 4.78 is 51.3. The standard InChI is InChI=1S/C29H35F3N6O4S/c1-5-42-26(39)21-19(35-24(25-33-10-12-43-25)36-22(21)17-7-6-8-18(30)16(17)2)13-37-15-29(31,32)23-20(37)9-11-38(23)34-14-28(3,4)27(40)41/h6-8,10,12,20,22-23,34H,5,9,11,13-15H2,1-4H3,(H,35,36)(H,40,41). The van der Waals surface area contributed by atoms with Crippen molar-refractivity contribution in [2.75, 3.05) is 32.8 Å². The maximum Gasteiger partial charge on any atom is 0.338 e. The Hall–Kier alpha value is -3.33. The van der Waals surface area contributed by atoms with E-state index in [1.807, 2.05) is 0 Å². The van der Waals surface area contributed by atoms with Crippen molar-refractivity contribution in [2.45, 2.75) is 58.2 Å². The Kier molecular flexibility index (Phi) is 8.67. The van der Waals surface area contributed by atoms with Gasteiger partial charge in [-0.2, -0.15) is 0 Å². The zero-order chi connectivity index (χ0) is 31.1. The van der Waals surface area contributed by atoms with E-state index in [2.05, 4.69) is 15.7 Å². The van der Waals surface area contributed by atoms with E-state index in [4.69, 9.17) is 9.73 Å². The Bertz CT molecular complexity index is 1450. The number of carboxylic acid groups (broad SMARTS) is 1. The predicted octanol–water partition coefficient (Wildman–Crippen LogP) is 3.51. The third-order valence-corrected chi connectivity index (χ3v) is 8.99. The first-order chi connectivity index (χ1) is 20.3. The topological polar surface area (TPSA) is 119 Å². The van der Waals surface area contributed by atoms with Gasteiger partial charge in [-0.3, -0.25) is 20.1 Å². The molecule has 232 valence electrons. The molecule has 3 unspecified atom stereocenters. The summed E-state index contributed by atoms with van der Waals surface area (Å²) in [4.78, 5) is 35.8. The molecule has 2 aromatic rings. The average Bonchev–Trinajstić information content (AvgIpc) is 3.68. The molecule has 10 nitrogen and oxygen atoms in total. The molecule has 4 heterocycles. The van der Waals surface area contributed by atoms with Crippen molar-refractivity contribution in [3.63, 3.8) is 0 Å². The van der Waals surface area contributed by atoms with Crippen LogP contribution in [-0.4, -0.2) is 88.6 Å². The van der Waals surface area contributed by atoms with E-state index < -0.39 is 53.8 Å². The number of hydrazine groups is 1. The molecule has 1 aromatic carbocycles. The van der Waals surface area contributed by atoms with Crippen LogP contribution in [0.5, 0.6) is 0 Å². The summed E-state index contributed by atoms with van der Waals surface area (Å²) in [5.74, 6) is -4.93. The predicted molar refractivity (Wildman–Crippen MR) is 154 cm³/mol. The largest absolute Gasteiger partial charge is 0.481 e. The SMILES string of the molecule is CCOC(=O)C1=C(CN2CC(F)(F)C3C2CCN3NCC(C)(C)C(=O)O)NC(c2nccs2)=NC1c1cccc(F)c1C. The maximum absolute atomic E-state index is 15.6. The second-order valence-corrected chi connectivity index (χ2v) is 12.5. The molecule has 3 aliphatic heterocycles. The molecule has 3 atom stereocenters. The Labute approximate surface area is 251 Å². The van der Waals surface area contributed by atoms with Gasteiger partial charge in [0.25, 0.3) is 5.92 Å². The van der Waals surface area contributed by atoms with Crippen molar-refractivity contribution in [1.82, 2.24) is 25.6 Å². The number of thiazole rings is 1. The number of ether oxygens (including phenoxy) is 1. The van der Waals surface area contributed by atoms with Gasteiger partial charge >= 0.3 is 11.9 Å². The quantitative estimate of drug-likeness (QED) is 0.343. The van der Waals surface area contributed by atoms with Crippen molar-refractivity contribution < 1.29 is 32.6 Å². The number of carboxylic acids is 1. The molecular formula is C29H35F3N6O4S. The summed E-state index contributed by atoms with van der Waals surface area (Å²) in [6.07, 6.45) is 2.01. The zero-order valence-electron chi connectivity index (χ0n) is 24.4. The highest BCUT2D eigenvalue weighted by Crippen LogP contribution is 2.42. The minimum absolute atomic E-state index is 0.0103. The molecule has 0 spiro atoms. The minimum atomic E-state index is -3.12. The second-order valence-electron chi connectivity index (χ2n) is 11.6. The molecule has 0 amide bonds. The van der Waals surface area contributed by atoms with Gasteiger partial charge in [-0.1, -0.05) is 12.1 Å². The molecule has 0 aliphatic carbocycles. The number of hydrogen-bond donors (Lipinski definition) is 3. The zero-order valence-corrected chi connectivity index (χ0v) is 25.2. The number of aliphatic carboxylic acids is 1. The summed E-state index contributed by atoms with van der Waals surface area (Å²) in [5, 5.41) is 16.4. The van der Waals surface area contributed by atoms with Crippen LogP contribution in [-0.2, 0) is 14.3 Å². The number of carbonyl (C=O) groups is 2. The highest BCUT2D eigenvalue weighted by Gasteiger charge is 2.60. The molecule has 0 bridgehead atoms. The molecule has 0 saturated carbocycles. The number of rotatable bonds is 10. The minimum Gasteiger partial charge on any atom is -0.481 e. The van der Waals surface area contributed by atoms with Crippen molar-refractivity contribution in [3.05, 3.63) is 63.0 Å². The van der Waals surface area contributed by atoms with Crippen LogP contribution in [0.15, 0.2) is 46.0 Å². The molecule has 2 fully saturated rings. The Balaban J connectivity index is 1.51. The molecule has 0 radical (unpaired) electrons. The van der Waals surface area contributed by atoms with E-state index in [9.17, 15) is 19.1 Å². The van der Waals surface area contributed by atoms with Crippen molar-refractivity contribution in [3.8, 4) is 0 Å². The average molecular weight is 621 g/mol. The van der Waals surface area contributed by atoms with Crippen LogP contribution in [0.25, 0.3) is 0 Å². The number of nitrogens with zero attached hydrogens (tertiary/aromatic N) is 4. The van der Waals surface area contributed by atoms with Crippen LogP contribution in [0.3, 0.4) is 0 Å². The number of carbonyl (C=O) groups excluding carboxylic acids is 1. The van der Waals surface area contributed by atoms with Crippen LogP contribution >= 0.6 is 11.3 Å². The summed E-state index contributed by atoms with van der Waals surface area (Å²) in [7, 11) is 0. The summed E-state index contributed by atoms with van der Waals surface area (Å²) >= 11 is 1.32. The van der Waals surface area contributed by atoms with E-state index >= 15 is 8.78 Å². The Morgan fingerprint density at radius 3 is 2.77 bits per heavy atom. The third-order valence-electron chi connectivity index (χ3n) is 8.21. The molecule has 2 saturated heterocycles. The number of fused-ring (bicyclic) bond motifs is 1. The number of benzene rings is 1. The molecule has 3 N–H and O–H groups in total. The number of hydrogen-bond acceptors (Lipinski definition) is 10. The monoisotopic (exact) mass is 620 g/mol. The first-order valence-electron chi connectivity index (χ1n) is 14.1. The van der Waals surface area contributed by atoms with Crippen LogP contribution in [0, 0.1) is 18.2 Å². The molecule has 1 aromatic heterocycles. The van der Waals surface area contributed by atoms with E-state index in [-0.39, 0.29) is 25.3 Å². The van der Waals surface area contributed by atoms with E-state index in [1.54, 1.807) is 36.4 Å². The highest BCUT2D eigenvalue weighted by molar-refractivity contribution is 7.11. The maximum atomic E-state index is 15.6. The Morgan fingerprint density at radius 1 is 1.33 bits per heavy atom. The van der Waals surface area contributed by atoms with Crippen molar-refractivity contribution in [2.24, 2.45) is 10.4 Å². The number of aliphatic imine (C=N–C) groups is 1. The number of halogens is 3. The van der Waals surface area contributed by atoms with E-state index in [0.717, 1.165) is 0 Å². The van der Waals surface area contributed by atoms with Gasteiger partial charge in [-0.25, -0.2) is 28.0 Å². The summed E-state index contributed by atoms with van der Waals surface area (Å²) in [6.45, 7) is 6.08. The van der Waals surface area contributed by atoms with Gasteiger partial charge in [0.15, 0.2) is 10.8 Å².